The molecule has 0 atom stereocenters. The predicted molar refractivity (Wildman–Crippen MR) is 89.7 cm³/mol. The topological polar surface area (TPSA) is 46.6 Å². The van der Waals surface area contributed by atoms with Gasteiger partial charge in [0.15, 0.2) is 0 Å². The van der Waals surface area contributed by atoms with Crippen molar-refractivity contribution in [3.63, 3.8) is 0 Å². The van der Waals surface area contributed by atoms with Crippen LogP contribution in [0.1, 0.15) is 50.5 Å². The van der Waals surface area contributed by atoms with Crippen molar-refractivity contribution in [3.05, 3.63) is 35.9 Å². The Hall–Kier alpha value is -1.84. The average Bonchev–Trinajstić information content (AvgIpc) is 2.60. The predicted octanol–water partition coefficient (Wildman–Crippen LogP) is 3.55. The van der Waals surface area contributed by atoms with Crippen LogP contribution in [0.15, 0.2) is 30.3 Å². The zero-order valence-electron chi connectivity index (χ0n) is 14.0. The quantitative estimate of drug-likeness (QED) is 0.723. The summed E-state index contributed by atoms with van der Waals surface area (Å²) in [6.45, 7) is 0.480. The van der Waals surface area contributed by atoms with Gasteiger partial charge in [-0.25, -0.2) is 0 Å². The Morgan fingerprint density at radius 1 is 1.13 bits per heavy atom. The molecule has 0 aromatic heterocycles. The number of carbonyl (C=O) groups is 2. The Labute approximate surface area is 138 Å². The minimum absolute atomic E-state index is 0.0227. The van der Waals surface area contributed by atoms with Crippen molar-refractivity contribution in [3.8, 4) is 0 Å². The van der Waals surface area contributed by atoms with Crippen molar-refractivity contribution in [2.24, 2.45) is 5.92 Å². The van der Waals surface area contributed by atoms with Crippen LogP contribution in [0.3, 0.4) is 0 Å². The molecule has 1 fully saturated rings. The third-order valence-corrected chi connectivity index (χ3v) is 4.61. The number of amides is 1. The highest BCUT2D eigenvalue weighted by Crippen LogP contribution is 2.27. The second-order valence-corrected chi connectivity index (χ2v) is 6.35. The van der Waals surface area contributed by atoms with Gasteiger partial charge in [-0.3, -0.25) is 9.59 Å². The monoisotopic (exact) mass is 317 g/mol. The van der Waals surface area contributed by atoms with E-state index in [4.69, 9.17) is 4.74 Å². The van der Waals surface area contributed by atoms with Crippen LogP contribution in [0.4, 0.5) is 0 Å². The van der Waals surface area contributed by atoms with Crippen molar-refractivity contribution in [1.82, 2.24) is 4.90 Å². The summed E-state index contributed by atoms with van der Waals surface area (Å²) < 4.78 is 4.73. The van der Waals surface area contributed by atoms with E-state index < -0.39 is 0 Å². The van der Waals surface area contributed by atoms with Gasteiger partial charge in [-0.05, 0) is 17.9 Å². The molecule has 0 saturated heterocycles. The Balaban J connectivity index is 1.91. The minimum atomic E-state index is -0.369. The summed E-state index contributed by atoms with van der Waals surface area (Å²) in [5.74, 6) is 0.348. The maximum atomic E-state index is 12.6. The Morgan fingerprint density at radius 3 is 2.48 bits per heavy atom. The Bertz CT molecular complexity index is 495. The van der Waals surface area contributed by atoms with Crippen LogP contribution in [0.2, 0.25) is 0 Å². The number of hydrogen-bond acceptors (Lipinski definition) is 3. The van der Waals surface area contributed by atoms with E-state index in [9.17, 15) is 9.59 Å². The van der Waals surface area contributed by atoms with E-state index in [1.54, 1.807) is 4.90 Å². The molecule has 1 aliphatic carbocycles. The van der Waals surface area contributed by atoms with Crippen molar-refractivity contribution >= 4 is 11.9 Å². The smallest absolute Gasteiger partial charge is 0.325 e. The van der Waals surface area contributed by atoms with Gasteiger partial charge in [0.05, 0.1) is 7.11 Å². The average molecular weight is 317 g/mol. The van der Waals surface area contributed by atoms with Gasteiger partial charge in [0.25, 0.3) is 0 Å². The number of rotatable bonds is 7. The highest BCUT2D eigenvalue weighted by atomic mass is 16.5. The first-order chi connectivity index (χ1) is 11.2. The molecular formula is C19H27NO3. The minimum Gasteiger partial charge on any atom is -0.468 e. The molecule has 0 heterocycles. The number of hydrogen-bond donors (Lipinski definition) is 0. The van der Waals surface area contributed by atoms with Crippen LogP contribution in [0, 0.1) is 5.92 Å². The first-order valence-corrected chi connectivity index (χ1v) is 8.57. The summed E-state index contributed by atoms with van der Waals surface area (Å²) in [6.07, 6.45) is 7.84. The molecule has 4 heteroatoms. The summed E-state index contributed by atoms with van der Waals surface area (Å²) in [4.78, 5) is 25.8. The molecule has 1 aliphatic rings. The zero-order valence-corrected chi connectivity index (χ0v) is 14.0. The SMILES string of the molecule is COC(=O)CN(Cc1ccccc1)C(=O)CCC1CCCCC1. The van der Waals surface area contributed by atoms with Gasteiger partial charge in [0.1, 0.15) is 6.54 Å². The molecule has 1 saturated carbocycles. The van der Waals surface area contributed by atoms with Crippen LogP contribution < -0.4 is 0 Å². The first-order valence-electron chi connectivity index (χ1n) is 8.57. The van der Waals surface area contributed by atoms with Crippen molar-refractivity contribution in [2.75, 3.05) is 13.7 Å². The molecule has 4 nitrogen and oxygen atoms in total. The van der Waals surface area contributed by atoms with Crippen LogP contribution in [-0.2, 0) is 20.9 Å². The molecule has 2 rings (SSSR count). The lowest BCUT2D eigenvalue weighted by atomic mass is 9.86. The lowest BCUT2D eigenvalue weighted by Gasteiger charge is -2.24. The summed E-state index contributed by atoms with van der Waals surface area (Å²) in [5.41, 5.74) is 1.03. The number of carbonyl (C=O) groups excluding carboxylic acids is 2. The van der Waals surface area contributed by atoms with Gasteiger partial charge >= 0.3 is 5.97 Å². The van der Waals surface area contributed by atoms with Crippen molar-refractivity contribution in [1.29, 1.82) is 0 Å². The largest absolute Gasteiger partial charge is 0.468 e. The zero-order chi connectivity index (χ0) is 16.5. The molecule has 0 bridgehead atoms. The molecule has 23 heavy (non-hydrogen) atoms. The molecule has 0 N–H and O–H groups in total. The normalized spacial score (nSPS) is 15.2. The lowest BCUT2D eigenvalue weighted by Crippen LogP contribution is -2.35. The molecule has 0 unspecified atom stereocenters. The Kier molecular flexibility index (Phi) is 7.11. The van der Waals surface area contributed by atoms with E-state index in [1.807, 2.05) is 30.3 Å². The van der Waals surface area contributed by atoms with E-state index in [-0.39, 0.29) is 18.4 Å². The molecule has 0 radical (unpaired) electrons. The highest BCUT2D eigenvalue weighted by molar-refractivity contribution is 5.82. The molecule has 1 aromatic carbocycles. The van der Waals surface area contributed by atoms with Crippen LogP contribution >= 0.6 is 0 Å². The summed E-state index contributed by atoms with van der Waals surface area (Å²) in [5, 5.41) is 0. The molecule has 0 spiro atoms. The molecule has 0 aliphatic heterocycles. The van der Waals surface area contributed by atoms with Crippen LogP contribution in [0.25, 0.3) is 0 Å². The number of nitrogens with zero attached hydrogens (tertiary/aromatic N) is 1. The van der Waals surface area contributed by atoms with E-state index >= 15 is 0 Å². The van der Waals surface area contributed by atoms with Gasteiger partial charge in [0, 0.05) is 13.0 Å². The second kappa shape index (κ2) is 9.33. The van der Waals surface area contributed by atoms with Gasteiger partial charge in [-0.1, -0.05) is 62.4 Å². The van der Waals surface area contributed by atoms with Crippen LogP contribution in [0.5, 0.6) is 0 Å². The Morgan fingerprint density at radius 2 is 1.83 bits per heavy atom. The summed E-state index contributed by atoms with van der Waals surface area (Å²) in [7, 11) is 1.36. The van der Waals surface area contributed by atoms with Gasteiger partial charge in [0.2, 0.25) is 5.91 Å². The number of ether oxygens (including phenoxy) is 1. The van der Waals surface area contributed by atoms with Gasteiger partial charge < -0.3 is 9.64 Å². The molecule has 1 amide bonds. The summed E-state index contributed by atoms with van der Waals surface area (Å²) >= 11 is 0. The summed E-state index contributed by atoms with van der Waals surface area (Å²) in [6, 6.07) is 9.77. The fraction of sp³-hybridized carbons (Fsp3) is 0.579. The maximum absolute atomic E-state index is 12.6. The molecular weight excluding hydrogens is 290 g/mol. The number of esters is 1. The fourth-order valence-electron chi connectivity index (χ4n) is 3.22. The van der Waals surface area contributed by atoms with Gasteiger partial charge in [-0.15, -0.1) is 0 Å². The number of methoxy groups -OCH3 is 1. The third-order valence-electron chi connectivity index (χ3n) is 4.61. The van der Waals surface area contributed by atoms with E-state index in [2.05, 4.69) is 0 Å². The van der Waals surface area contributed by atoms with E-state index in [0.29, 0.717) is 18.9 Å². The second-order valence-electron chi connectivity index (χ2n) is 6.35. The molecule has 126 valence electrons. The van der Waals surface area contributed by atoms with E-state index in [0.717, 1.165) is 12.0 Å². The van der Waals surface area contributed by atoms with Gasteiger partial charge in [-0.2, -0.15) is 0 Å². The first kappa shape index (κ1) is 17.5. The molecule has 1 aromatic rings. The van der Waals surface area contributed by atoms with Crippen LogP contribution in [-0.4, -0.2) is 30.4 Å². The van der Waals surface area contributed by atoms with Crippen molar-refractivity contribution in [2.45, 2.75) is 51.5 Å². The third kappa shape index (κ3) is 6.05. The van der Waals surface area contributed by atoms with Crippen molar-refractivity contribution < 1.29 is 14.3 Å². The lowest BCUT2D eigenvalue weighted by molar-refractivity contribution is -0.147. The fourth-order valence-corrected chi connectivity index (χ4v) is 3.22. The number of benzene rings is 1. The standard InChI is InChI=1S/C19H27NO3/c1-23-19(22)15-20(14-17-10-6-3-7-11-17)18(21)13-12-16-8-4-2-5-9-16/h3,6-7,10-11,16H,2,4-5,8-9,12-15H2,1H3. The highest BCUT2D eigenvalue weighted by Gasteiger charge is 2.20. The maximum Gasteiger partial charge on any atom is 0.325 e. The van der Waals surface area contributed by atoms with E-state index in [1.165, 1.54) is 39.2 Å².